The number of rotatable bonds is 1. The predicted molar refractivity (Wildman–Crippen MR) is 87.4 cm³/mol. The van der Waals surface area contributed by atoms with E-state index < -0.39 is 0 Å². The largest absolute Gasteiger partial charge is 0.294 e. The lowest BCUT2D eigenvalue weighted by atomic mass is 9.85. The molecule has 0 radical (unpaired) electrons. The lowest BCUT2D eigenvalue weighted by Gasteiger charge is -2.17. The second kappa shape index (κ2) is 4.71. The van der Waals surface area contributed by atoms with Crippen molar-refractivity contribution in [3.05, 3.63) is 77.9 Å². The van der Waals surface area contributed by atoms with Crippen molar-refractivity contribution < 1.29 is 4.79 Å². The van der Waals surface area contributed by atoms with Gasteiger partial charge in [0.15, 0.2) is 5.78 Å². The number of hydrogen-bond donors (Lipinski definition) is 0. The fraction of sp³-hybridized carbons (Fsp3) is 0.0500. The summed E-state index contributed by atoms with van der Waals surface area (Å²) in [5.41, 5.74) is 4.21. The van der Waals surface area contributed by atoms with Crippen molar-refractivity contribution >= 4 is 22.6 Å². The number of allylic oxidation sites excluding steroid dienone is 1. The molecule has 0 saturated heterocycles. The monoisotopic (exact) mass is 270 g/mol. The molecule has 0 spiro atoms. The highest BCUT2D eigenvalue weighted by Gasteiger charge is 2.19. The van der Waals surface area contributed by atoms with Crippen LogP contribution in [0.4, 0.5) is 0 Å². The van der Waals surface area contributed by atoms with Crippen molar-refractivity contribution in [1.29, 1.82) is 0 Å². The number of fused-ring (bicyclic) bond motifs is 2. The zero-order valence-electron chi connectivity index (χ0n) is 11.5. The third-order valence-corrected chi connectivity index (χ3v) is 4.04. The molecule has 3 aromatic rings. The fourth-order valence-corrected chi connectivity index (χ4v) is 3.08. The van der Waals surface area contributed by atoms with Gasteiger partial charge in [-0.25, -0.2) is 0 Å². The number of benzene rings is 3. The topological polar surface area (TPSA) is 17.1 Å². The molecule has 0 saturated carbocycles. The lowest BCUT2D eigenvalue weighted by molar-refractivity contribution is 0.0994. The zero-order chi connectivity index (χ0) is 14.2. The van der Waals surface area contributed by atoms with Gasteiger partial charge in [-0.3, -0.25) is 4.79 Å². The van der Waals surface area contributed by atoms with Crippen LogP contribution < -0.4 is 0 Å². The minimum Gasteiger partial charge on any atom is -0.294 e. The fourth-order valence-electron chi connectivity index (χ4n) is 3.08. The van der Waals surface area contributed by atoms with Gasteiger partial charge in [0, 0.05) is 12.0 Å². The summed E-state index contributed by atoms with van der Waals surface area (Å²) in [5, 5.41) is 2.32. The van der Waals surface area contributed by atoms with Crippen molar-refractivity contribution in [2.45, 2.75) is 6.42 Å². The maximum absolute atomic E-state index is 12.3. The third-order valence-electron chi connectivity index (χ3n) is 4.04. The summed E-state index contributed by atoms with van der Waals surface area (Å²) in [6, 6.07) is 20.6. The molecule has 0 aliphatic heterocycles. The molecule has 0 fully saturated rings. The number of carbonyl (C=O) groups excluding carboxylic acids is 1. The van der Waals surface area contributed by atoms with E-state index in [1.807, 2.05) is 36.4 Å². The summed E-state index contributed by atoms with van der Waals surface area (Å²) < 4.78 is 0. The standard InChI is InChI=1S/C20H14O/c21-19-12-6-11-17-18(19)13-15-9-4-5-10-16(15)20(17)14-7-2-1-3-8-14/h1-11,13H,12H2. The van der Waals surface area contributed by atoms with E-state index in [2.05, 4.69) is 36.4 Å². The van der Waals surface area contributed by atoms with Crippen molar-refractivity contribution in [3.8, 4) is 11.1 Å². The van der Waals surface area contributed by atoms with Crippen LogP contribution in [0.5, 0.6) is 0 Å². The van der Waals surface area contributed by atoms with Gasteiger partial charge in [0.2, 0.25) is 0 Å². The summed E-state index contributed by atoms with van der Waals surface area (Å²) in [6.45, 7) is 0. The summed E-state index contributed by atoms with van der Waals surface area (Å²) in [5.74, 6) is 0.204. The van der Waals surface area contributed by atoms with Crippen LogP contribution in [0.2, 0.25) is 0 Å². The number of hydrogen-bond acceptors (Lipinski definition) is 1. The molecule has 0 aromatic heterocycles. The van der Waals surface area contributed by atoms with Crippen LogP contribution in [0, 0.1) is 0 Å². The Labute approximate surface area is 123 Å². The SMILES string of the molecule is O=C1CC=Cc2c1cc1ccccc1c2-c1ccccc1. The van der Waals surface area contributed by atoms with E-state index >= 15 is 0 Å². The Morgan fingerprint density at radius 1 is 0.857 bits per heavy atom. The van der Waals surface area contributed by atoms with E-state index in [1.54, 1.807) is 0 Å². The van der Waals surface area contributed by atoms with Crippen LogP contribution in [-0.2, 0) is 0 Å². The molecule has 3 aromatic carbocycles. The van der Waals surface area contributed by atoms with Crippen LogP contribution >= 0.6 is 0 Å². The number of ketones is 1. The predicted octanol–water partition coefficient (Wildman–Crippen LogP) is 5.11. The first-order valence-corrected chi connectivity index (χ1v) is 7.15. The Kier molecular flexibility index (Phi) is 2.71. The van der Waals surface area contributed by atoms with Gasteiger partial charge in [-0.15, -0.1) is 0 Å². The maximum atomic E-state index is 12.3. The second-order valence-corrected chi connectivity index (χ2v) is 5.33. The van der Waals surface area contributed by atoms with E-state index in [9.17, 15) is 4.79 Å². The second-order valence-electron chi connectivity index (χ2n) is 5.33. The van der Waals surface area contributed by atoms with Crippen LogP contribution in [0.15, 0.2) is 66.7 Å². The van der Waals surface area contributed by atoms with Gasteiger partial charge >= 0.3 is 0 Å². The highest BCUT2D eigenvalue weighted by molar-refractivity contribution is 6.12. The number of carbonyl (C=O) groups is 1. The molecule has 0 unspecified atom stereocenters. The molecule has 100 valence electrons. The molecule has 0 heterocycles. The van der Waals surface area contributed by atoms with Gasteiger partial charge in [-0.05, 0) is 33.5 Å². The molecule has 1 aliphatic carbocycles. The minimum atomic E-state index is 0.204. The van der Waals surface area contributed by atoms with Crippen LogP contribution in [0.3, 0.4) is 0 Å². The summed E-state index contributed by atoms with van der Waals surface area (Å²) >= 11 is 0. The van der Waals surface area contributed by atoms with Gasteiger partial charge in [-0.1, -0.05) is 66.7 Å². The van der Waals surface area contributed by atoms with Crippen LogP contribution in [0.25, 0.3) is 28.0 Å². The minimum absolute atomic E-state index is 0.204. The van der Waals surface area contributed by atoms with E-state index in [0.717, 1.165) is 27.6 Å². The molecular formula is C20H14O. The van der Waals surface area contributed by atoms with Crippen molar-refractivity contribution in [1.82, 2.24) is 0 Å². The third kappa shape index (κ3) is 1.90. The zero-order valence-corrected chi connectivity index (χ0v) is 11.5. The average molecular weight is 270 g/mol. The lowest BCUT2D eigenvalue weighted by Crippen LogP contribution is -2.06. The van der Waals surface area contributed by atoms with Gasteiger partial charge in [-0.2, -0.15) is 0 Å². The first kappa shape index (κ1) is 12.1. The van der Waals surface area contributed by atoms with Gasteiger partial charge in [0.1, 0.15) is 0 Å². The molecule has 1 heteroatoms. The van der Waals surface area contributed by atoms with Gasteiger partial charge in [0.05, 0.1) is 0 Å². The molecule has 0 bridgehead atoms. The van der Waals surface area contributed by atoms with Crippen LogP contribution in [0.1, 0.15) is 22.3 Å². The summed E-state index contributed by atoms with van der Waals surface area (Å²) in [7, 11) is 0. The highest BCUT2D eigenvalue weighted by Crippen LogP contribution is 2.37. The first-order chi connectivity index (χ1) is 10.3. The normalized spacial score (nSPS) is 13.4. The summed E-state index contributed by atoms with van der Waals surface area (Å²) in [6.07, 6.45) is 4.55. The maximum Gasteiger partial charge on any atom is 0.167 e. The Hall–Kier alpha value is -2.67. The molecule has 0 amide bonds. The molecule has 21 heavy (non-hydrogen) atoms. The molecule has 0 N–H and O–H groups in total. The Bertz CT molecular complexity index is 873. The Balaban J connectivity index is 2.17. The highest BCUT2D eigenvalue weighted by atomic mass is 16.1. The van der Waals surface area contributed by atoms with E-state index in [1.165, 1.54) is 5.39 Å². The van der Waals surface area contributed by atoms with E-state index in [4.69, 9.17) is 0 Å². The Morgan fingerprint density at radius 2 is 1.62 bits per heavy atom. The van der Waals surface area contributed by atoms with Gasteiger partial charge in [0.25, 0.3) is 0 Å². The molecule has 1 aliphatic rings. The van der Waals surface area contributed by atoms with E-state index in [0.29, 0.717) is 6.42 Å². The quantitative estimate of drug-likeness (QED) is 0.600. The van der Waals surface area contributed by atoms with Crippen molar-refractivity contribution in [3.63, 3.8) is 0 Å². The summed E-state index contributed by atoms with van der Waals surface area (Å²) in [4.78, 5) is 12.3. The molecule has 1 nitrogen and oxygen atoms in total. The average Bonchev–Trinajstić information content (AvgIpc) is 2.54. The Morgan fingerprint density at radius 3 is 2.48 bits per heavy atom. The molecule has 0 atom stereocenters. The molecule has 4 rings (SSSR count). The van der Waals surface area contributed by atoms with Crippen molar-refractivity contribution in [2.24, 2.45) is 0 Å². The molecular weight excluding hydrogens is 256 g/mol. The van der Waals surface area contributed by atoms with Crippen molar-refractivity contribution in [2.75, 3.05) is 0 Å². The first-order valence-electron chi connectivity index (χ1n) is 7.15. The van der Waals surface area contributed by atoms with Gasteiger partial charge < -0.3 is 0 Å². The number of Topliss-reactive ketones (excluding diaryl/α,β-unsaturated/α-hetero) is 1. The smallest absolute Gasteiger partial charge is 0.167 e. The van der Waals surface area contributed by atoms with Crippen LogP contribution in [-0.4, -0.2) is 5.78 Å². The van der Waals surface area contributed by atoms with E-state index in [-0.39, 0.29) is 5.78 Å².